The Hall–Kier alpha value is -1.45. The number of hydrogen-bond donors (Lipinski definition) is 1. The van der Waals surface area contributed by atoms with E-state index in [-0.39, 0.29) is 0 Å². The topological polar surface area (TPSA) is 42.2 Å². The molecule has 0 radical (unpaired) electrons. The number of anilines is 2. The summed E-state index contributed by atoms with van der Waals surface area (Å²) < 4.78 is 0. The predicted octanol–water partition coefficient (Wildman–Crippen LogP) is 3.61. The van der Waals surface area contributed by atoms with Gasteiger partial charge in [0.2, 0.25) is 0 Å². The van der Waals surface area contributed by atoms with Crippen LogP contribution in [0.25, 0.3) is 0 Å². The van der Waals surface area contributed by atoms with Crippen LogP contribution in [0.15, 0.2) is 36.7 Å². The highest BCUT2D eigenvalue weighted by molar-refractivity contribution is 6.39. The van der Waals surface area contributed by atoms with Crippen LogP contribution in [0.4, 0.5) is 11.4 Å². The summed E-state index contributed by atoms with van der Waals surface area (Å²) in [5.74, 6) is 0. The zero-order valence-electron chi connectivity index (χ0n) is 9.90. The molecule has 1 aromatic carbocycles. The van der Waals surface area contributed by atoms with E-state index in [2.05, 4.69) is 4.98 Å². The van der Waals surface area contributed by atoms with E-state index < -0.39 is 0 Å². The minimum atomic E-state index is 0.548. The van der Waals surface area contributed by atoms with Crippen LogP contribution in [-0.4, -0.2) is 12.0 Å². The summed E-state index contributed by atoms with van der Waals surface area (Å²) in [6, 6.07) is 7.29. The van der Waals surface area contributed by atoms with E-state index in [1.54, 1.807) is 18.3 Å². The molecule has 0 fully saturated rings. The maximum absolute atomic E-state index is 6.17. The molecule has 1 aromatic heterocycles. The normalized spacial score (nSPS) is 10.4. The fourth-order valence-electron chi connectivity index (χ4n) is 1.79. The second-order valence-electron chi connectivity index (χ2n) is 4.05. The molecule has 0 spiro atoms. The summed E-state index contributed by atoms with van der Waals surface area (Å²) >= 11 is 12.3. The molecule has 2 N–H and O–H groups in total. The maximum Gasteiger partial charge on any atom is 0.0746 e. The van der Waals surface area contributed by atoms with Crippen molar-refractivity contribution in [2.75, 3.05) is 17.7 Å². The van der Waals surface area contributed by atoms with Gasteiger partial charge in [-0.05, 0) is 23.8 Å². The average Bonchev–Trinajstić information content (AvgIpc) is 2.28. The van der Waals surface area contributed by atoms with Crippen molar-refractivity contribution in [2.45, 2.75) is 6.54 Å². The molecule has 0 aliphatic rings. The molecule has 0 atom stereocenters. The number of benzene rings is 1. The van der Waals surface area contributed by atoms with Crippen molar-refractivity contribution >= 4 is 34.6 Å². The molecular formula is C13H13Cl2N3. The van der Waals surface area contributed by atoms with E-state index in [0.717, 1.165) is 11.3 Å². The number of rotatable bonds is 3. The standard InChI is InChI=1S/C13H13Cl2N3/c1-18(8-9-3-2-4-17-7-9)13-11(14)5-10(16)6-12(13)15/h2-7H,8,16H2,1H3. The van der Waals surface area contributed by atoms with E-state index >= 15 is 0 Å². The molecule has 0 bridgehead atoms. The fraction of sp³-hybridized carbons (Fsp3) is 0.154. The van der Waals surface area contributed by atoms with Crippen LogP contribution in [0.3, 0.4) is 0 Å². The Morgan fingerprint density at radius 2 is 1.94 bits per heavy atom. The van der Waals surface area contributed by atoms with Gasteiger partial charge >= 0.3 is 0 Å². The third-order valence-electron chi connectivity index (χ3n) is 2.56. The Balaban J connectivity index is 2.27. The van der Waals surface area contributed by atoms with Crippen molar-refractivity contribution in [3.8, 4) is 0 Å². The highest BCUT2D eigenvalue weighted by Crippen LogP contribution is 2.35. The molecule has 94 valence electrons. The van der Waals surface area contributed by atoms with Crippen molar-refractivity contribution in [2.24, 2.45) is 0 Å². The van der Waals surface area contributed by atoms with Crippen molar-refractivity contribution in [3.05, 3.63) is 52.3 Å². The van der Waals surface area contributed by atoms with Crippen LogP contribution in [0, 0.1) is 0 Å². The molecule has 0 aliphatic carbocycles. The molecule has 0 saturated carbocycles. The number of nitrogens with zero attached hydrogens (tertiary/aromatic N) is 2. The van der Waals surface area contributed by atoms with Crippen LogP contribution in [0.5, 0.6) is 0 Å². The maximum atomic E-state index is 6.17. The monoisotopic (exact) mass is 281 g/mol. The summed E-state index contributed by atoms with van der Waals surface area (Å²) in [5.41, 5.74) is 8.10. The van der Waals surface area contributed by atoms with Crippen LogP contribution < -0.4 is 10.6 Å². The number of nitrogens with two attached hydrogens (primary N) is 1. The third kappa shape index (κ3) is 2.86. The lowest BCUT2D eigenvalue weighted by Crippen LogP contribution is -2.17. The molecule has 0 unspecified atom stereocenters. The number of pyridine rings is 1. The van der Waals surface area contributed by atoms with Crippen LogP contribution >= 0.6 is 23.2 Å². The second-order valence-corrected chi connectivity index (χ2v) is 4.86. The van der Waals surface area contributed by atoms with Gasteiger partial charge in [-0.2, -0.15) is 0 Å². The van der Waals surface area contributed by atoms with Gasteiger partial charge in [0.1, 0.15) is 0 Å². The van der Waals surface area contributed by atoms with E-state index in [0.29, 0.717) is 22.3 Å². The fourth-order valence-corrected chi connectivity index (χ4v) is 2.59. The first-order chi connectivity index (χ1) is 8.58. The molecule has 5 heteroatoms. The zero-order valence-corrected chi connectivity index (χ0v) is 11.4. The van der Waals surface area contributed by atoms with Gasteiger partial charge in [-0.25, -0.2) is 0 Å². The van der Waals surface area contributed by atoms with Gasteiger partial charge in [0.25, 0.3) is 0 Å². The Kier molecular flexibility index (Phi) is 3.94. The van der Waals surface area contributed by atoms with E-state index in [9.17, 15) is 0 Å². The number of hydrogen-bond acceptors (Lipinski definition) is 3. The minimum Gasteiger partial charge on any atom is -0.399 e. The van der Waals surface area contributed by atoms with Crippen molar-refractivity contribution < 1.29 is 0 Å². The molecule has 0 amide bonds. The first-order valence-electron chi connectivity index (χ1n) is 5.42. The second kappa shape index (κ2) is 5.46. The Bertz CT molecular complexity index is 520. The van der Waals surface area contributed by atoms with Crippen molar-refractivity contribution in [1.82, 2.24) is 4.98 Å². The first kappa shape index (κ1) is 13.0. The van der Waals surface area contributed by atoms with Gasteiger partial charge in [0.05, 0.1) is 15.7 Å². The summed E-state index contributed by atoms with van der Waals surface area (Å²) in [6.45, 7) is 0.678. The lowest BCUT2D eigenvalue weighted by Gasteiger charge is -2.22. The van der Waals surface area contributed by atoms with E-state index in [4.69, 9.17) is 28.9 Å². The number of aromatic nitrogens is 1. The quantitative estimate of drug-likeness (QED) is 0.874. The highest BCUT2D eigenvalue weighted by atomic mass is 35.5. The minimum absolute atomic E-state index is 0.548. The molecule has 1 heterocycles. The van der Waals surface area contributed by atoms with Crippen LogP contribution in [0.1, 0.15) is 5.56 Å². The molecule has 2 aromatic rings. The summed E-state index contributed by atoms with van der Waals surface area (Å²) in [4.78, 5) is 6.05. The number of halogens is 2. The van der Waals surface area contributed by atoms with Crippen LogP contribution in [0.2, 0.25) is 10.0 Å². The summed E-state index contributed by atoms with van der Waals surface area (Å²) in [5, 5.41) is 1.10. The van der Waals surface area contributed by atoms with Gasteiger partial charge in [-0.1, -0.05) is 29.3 Å². The van der Waals surface area contributed by atoms with Gasteiger partial charge in [0, 0.05) is 31.7 Å². The molecule has 18 heavy (non-hydrogen) atoms. The predicted molar refractivity (Wildman–Crippen MR) is 77.2 cm³/mol. The smallest absolute Gasteiger partial charge is 0.0746 e. The van der Waals surface area contributed by atoms with Crippen LogP contribution in [-0.2, 0) is 6.54 Å². The lowest BCUT2D eigenvalue weighted by molar-refractivity contribution is 0.916. The van der Waals surface area contributed by atoms with Gasteiger partial charge in [-0.3, -0.25) is 4.98 Å². The zero-order chi connectivity index (χ0) is 13.1. The average molecular weight is 282 g/mol. The van der Waals surface area contributed by atoms with E-state index in [1.807, 2.05) is 30.3 Å². The third-order valence-corrected chi connectivity index (χ3v) is 3.14. The van der Waals surface area contributed by atoms with E-state index in [1.165, 1.54) is 0 Å². The number of nitrogen functional groups attached to an aromatic ring is 1. The van der Waals surface area contributed by atoms with Gasteiger partial charge < -0.3 is 10.6 Å². The molecule has 0 aliphatic heterocycles. The lowest BCUT2D eigenvalue weighted by atomic mass is 10.2. The largest absolute Gasteiger partial charge is 0.399 e. The van der Waals surface area contributed by atoms with Gasteiger partial charge in [0.15, 0.2) is 0 Å². The highest BCUT2D eigenvalue weighted by Gasteiger charge is 2.12. The van der Waals surface area contributed by atoms with Crippen molar-refractivity contribution in [3.63, 3.8) is 0 Å². The SMILES string of the molecule is CN(Cc1cccnc1)c1c(Cl)cc(N)cc1Cl. The summed E-state index contributed by atoms with van der Waals surface area (Å²) in [6.07, 6.45) is 3.56. The molecule has 3 nitrogen and oxygen atoms in total. The Morgan fingerprint density at radius 1 is 1.28 bits per heavy atom. The molecule has 0 saturated heterocycles. The first-order valence-corrected chi connectivity index (χ1v) is 6.18. The molecular weight excluding hydrogens is 269 g/mol. The summed E-state index contributed by atoms with van der Waals surface area (Å²) in [7, 11) is 1.93. The van der Waals surface area contributed by atoms with Gasteiger partial charge in [-0.15, -0.1) is 0 Å². The Labute approximate surface area is 116 Å². The Morgan fingerprint density at radius 3 is 2.50 bits per heavy atom. The van der Waals surface area contributed by atoms with Crippen molar-refractivity contribution in [1.29, 1.82) is 0 Å². The molecule has 2 rings (SSSR count).